The van der Waals surface area contributed by atoms with Crippen molar-refractivity contribution in [1.82, 2.24) is 0 Å². The number of rotatable bonds is 3. The van der Waals surface area contributed by atoms with Crippen molar-refractivity contribution in [3.8, 4) is 0 Å². The van der Waals surface area contributed by atoms with Gasteiger partial charge in [0.2, 0.25) is 0 Å². The van der Waals surface area contributed by atoms with Gasteiger partial charge in [-0.25, -0.2) is 9.59 Å². The Hall–Kier alpha value is -2.62. The first kappa shape index (κ1) is 18.2. The highest BCUT2D eigenvalue weighted by Gasteiger charge is 2.48. The van der Waals surface area contributed by atoms with Gasteiger partial charge in [0.1, 0.15) is 0 Å². The number of carboxylic acid groups (broad SMARTS) is 2. The summed E-state index contributed by atoms with van der Waals surface area (Å²) in [5.74, 6) is -1.91. The molecule has 0 spiro atoms. The lowest BCUT2D eigenvalue weighted by Crippen LogP contribution is -2.25. The highest BCUT2D eigenvalue weighted by molar-refractivity contribution is 5.92. The third-order valence-electron chi connectivity index (χ3n) is 5.69. The number of aromatic carboxylic acids is 2. The summed E-state index contributed by atoms with van der Waals surface area (Å²) in [4.78, 5) is 23.6. The van der Waals surface area contributed by atoms with Crippen LogP contribution in [0, 0.1) is 13.8 Å². The molecule has 1 aliphatic rings. The predicted octanol–water partition coefficient (Wildman–Crippen LogP) is 4.69. The van der Waals surface area contributed by atoms with Gasteiger partial charge in [0, 0.05) is 5.41 Å². The van der Waals surface area contributed by atoms with E-state index in [-0.39, 0.29) is 11.0 Å². The number of hydrogen-bond acceptors (Lipinski definition) is 2. The smallest absolute Gasteiger partial charge is 0.336 e. The minimum Gasteiger partial charge on any atom is -0.478 e. The molecule has 1 aliphatic carbocycles. The Balaban J connectivity index is 2.34. The van der Waals surface area contributed by atoms with Crippen LogP contribution in [0.15, 0.2) is 30.3 Å². The lowest BCUT2D eigenvalue weighted by Gasteiger charge is -2.29. The lowest BCUT2D eigenvalue weighted by molar-refractivity contribution is 0.0683. The average molecular weight is 352 g/mol. The molecule has 136 valence electrons. The van der Waals surface area contributed by atoms with Gasteiger partial charge < -0.3 is 10.2 Å². The summed E-state index contributed by atoms with van der Waals surface area (Å²) in [6.45, 7) is 9.95. The number of hydrogen-bond donors (Lipinski definition) is 2. The molecule has 26 heavy (non-hydrogen) atoms. The van der Waals surface area contributed by atoms with Crippen LogP contribution in [-0.4, -0.2) is 22.2 Å². The number of carbonyl (C=O) groups is 2. The molecule has 0 aliphatic heterocycles. The molecule has 2 aromatic carbocycles. The Bertz CT molecular complexity index is 939. The Morgan fingerprint density at radius 2 is 1.54 bits per heavy atom. The summed E-state index contributed by atoms with van der Waals surface area (Å²) in [5.41, 5.74) is 4.13. The summed E-state index contributed by atoms with van der Waals surface area (Å²) in [6, 6.07) is 9.23. The van der Waals surface area contributed by atoms with Gasteiger partial charge in [0.25, 0.3) is 0 Å². The van der Waals surface area contributed by atoms with Crippen LogP contribution in [0.5, 0.6) is 0 Å². The van der Waals surface area contributed by atoms with Crippen molar-refractivity contribution in [2.24, 2.45) is 0 Å². The normalized spacial score (nSPS) is 20.7. The van der Waals surface area contributed by atoms with E-state index in [1.54, 1.807) is 19.1 Å². The zero-order chi connectivity index (χ0) is 19.4. The molecule has 1 atom stereocenters. The van der Waals surface area contributed by atoms with Crippen LogP contribution in [-0.2, 0) is 10.8 Å². The topological polar surface area (TPSA) is 74.6 Å². The molecule has 1 unspecified atom stereocenters. The van der Waals surface area contributed by atoms with Crippen LogP contribution >= 0.6 is 0 Å². The van der Waals surface area contributed by atoms with Crippen LogP contribution in [0.4, 0.5) is 0 Å². The zero-order valence-electron chi connectivity index (χ0n) is 15.8. The number of carboxylic acids is 2. The summed E-state index contributed by atoms with van der Waals surface area (Å²) in [7, 11) is 0. The molecule has 0 fully saturated rings. The quantitative estimate of drug-likeness (QED) is 0.840. The van der Waals surface area contributed by atoms with Crippen LogP contribution in [0.25, 0.3) is 0 Å². The van der Waals surface area contributed by atoms with Gasteiger partial charge in [-0.3, -0.25) is 0 Å². The molecule has 0 heterocycles. The van der Waals surface area contributed by atoms with Crippen molar-refractivity contribution in [2.75, 3.05) is 0 Å². The largest absolute Gasteiger partial charge is 0.478 e. The fourth-order valence-electron chi connectivity index (χ4n) is 4.59. The molecule has 4 nitrogen and oxygen atoms in total. The van der Waals surface area contributed by atoms with Gasteiger partial charge in [0.05, 0.1) is 11.1 Å². The molecule has 0 bridgehead atoms. The number of fused-ring (bicyclic) bond motifs is 1. The molecule has 3 rings (SSSR count). The standard InChI is InChI=1S/C22H24O4/c1-12-8-16(20(25)26)18-17(9-12)21(3,4)11-22(18,5)14-7-6-13(2)15(10-14)19(23)24/h6-10H,11H2,1-5H3,(H,23,24)(H,25,26). The first-order chi connectivity index (χ1) is 12.0. The van der Waals surface area contributed by atoms with Crippen LogP contribution < -0.4 is 0 Å². The van der Waals surface area contributed by atoms with Crippen molar-refractivity contribution in [1.29, 1.82) is 0 Å². The second-order valence-corrected chi connectivity index (χ2v) is 8.27. The molecule has 2 N–H and O–H groups in total. The Morgan fingerprint density at radius 3 is 2.12 bits per heavy atom. The first-order valence-corrected chi connectivity index (χ1v) is 8.71. The van der Waals surface area contributed by atoms with Gasteiger partial charge in [-0.1, -0.05) is 39.0 Å². The molecule has 0 saturated heterocycles. The minimum atomic E-state index is -0.965. The highest BCUT2D eigenvalue weighted by atomic mass is 16.4. The van der Waals surface area contributed by atoms with Crippen molar-refractivity contribution >= 4 is 11.9 Å². The lowest BCUT2D eigenvalue weighted by atomic mass is 9.73. The van der Waals surface area contributed by atoms with Crippen LogP contribution in [0.3, 0.4) is 0 Å². The van der Waals surface area contributed by atoms with Gasteiger partial charge in [-0.05, 0) is 65.6 Å². The molecular formula is C22H24O4. The average Bonchev–Trinajstić information content (AvgIpc) is 2.73. The summed E-state index contributed by atoms with van der Waals surface area (Å²) >= 11 is 0. The van der Waals surface area contributed by atoms with Crippen molar-refractivity contribution < 1.29 is 19.8 Å². The maximum absolute atomic E-state index is 12.0. The van der Waals surface area contributed by atoms with E-state index in [1.165, 1.54) is 0 Å². The van der Waals surface area contributed by atoms with Crippen molar-refractivity contribution in [2.45, 2.75) is 51.9 Å². The van der Waals surface area contributed by atoms with E-state index < -0.39 is 17.4 Å². The molecule has 0 amide bonds. The maximum atomic E-state index is 12.0. The van der Waals surface area contributed by atoms with Gasteiger partial charge in [-0.2, -0.15) is 0 Å². The van der Waals surface area contributed by atoms with Crippen molar-refractivity contribution in [3.63, 3.8) is 0 Å². The van der Waals surface area contributed by atoms with Gasteiger partial charge >= 0.3 is 11.9 Å². The van der Waals surface area contributed by atoms with Crippen LogP contribution in [0.2, 0.25) is 0 Å². The van der Waals surface area contributed by atoms with E-state index in [0.717, 1.165) is 28.7 Å². The minimum absolute atomic E-state index is 0.200. The third kappa shape index (κ3) is 2.61. The van der Waals surface area contributed by atoms with E-state index in [2.05, 4.69) is 19.9 Å². The van der Waals surface area contributed by atoms with E-state index in [1.807, 2.05) is 26.0 Å². The molecule has 0 aromatic heterocycles. The maximum Gasteiger partial charge on any atom is 0.336 e. The monoisotopic (exact) mass is 352 g/mol. The first-order valence-electron chi connectivity index (χ1n) is 8.71. The number of aryl methyl sites for hydroxylation is 2. The SMILES string of the molecule is Cc1cc(C(=O)O)c2c(c1)C(C)(C)CC2(C)c1ccc(C)c(C(=O)O)c1. The van der Waals surface area contributed by atoms with E-state index in [0.29, 0.717) is 11.1 Å². The van der Waals surface area contributed by atoms with E-state index in [4.69, 9.17) is 0 Å². The summed E-state index contributed by atoms with van der Waals surface area (Å²) in [5, 5.41) is 19.3. The third-order valence-corrected chi connectivity index (χ3v) is 5.69. The Morgan fingerprint density at radius 1 is 0.923 bits per heavy atom. The Labute approximate surface area is 153 Å². The number of benzene rings is 2. The molecule has 4 heteroatoms. The molecule has 0 saturated carbocycles. The fourth-order valence-corrected chi connectivity index (χ4v) is 4.59. The molecule has 0 radical (unpaired) electrons. The highest BCUT2D eigenvalue weighted by Crippen LogP contribution is 2.54. The van der Waals surface area contributed by atoms with E-state index >= 15 is 0 Å². The summed E-state index contributed by atoms with van der Waals surface area (Å²) in [6.07, 6.45) is 0.723. The predicted molar refractivity (Wildman–Crippen MR) is 100 cm³/mol. The van der Waals surface area contributed by atoms with Gasteiger partial charge in [-0.15, -0.1) is 0 Å². The van der Waals surface area contributed by atoms with Crippen LogP contribution in [0.1, 0.15) is 75.7 Å². The van der Waals surface area contributed by atoms with E-state index in [9.17, 15) is 19.8 Å². The Kier molecular flexibility index (Phi) is 3.98. The summed E-state index contributed by atoms with van der Waals surface area (Å²) < 4.78 is 0. The zero-order valence-corrected chi connectivity index (χ0v) is 15.8. The second-order valence-electron chi connectivity index (χ2n) is 8.27. The van der Waals surface area contributed by atoms with Crippen molar-refractivity contribution in [3.05, 3.63) is 69.3 Å². The molecule has 2 aromatic rings. The van der Waals surface area contributed by atoms with Gasteiger partial charge in [0.15, 0.2) is 0 Å². The second kappa shape index (κ2) is 5.70. The fraction of sp³-hybridized carbons (Fsp3) is 0.364. The molecular weight excluding hydrogens is 328 g/mol.